The van der Waals surface area contributed by atoms with Gasteiger partial charge in [-0.05, 0) is 68.8 Å². The first-order valence-electron chi connectivity index (χ1n) is 11.8. The van der Waals surface area contributed by atoms with Crippen molar-refractivity contribution in [2.75, 3.05) is 27.7 Å². The summed E-state index contributed by atoms with van der Waals surface area (Å²) in [6.07, 6.45) is 4.71. The summed E-state index contributed by atoms with van der Waals surface area (Å²) in [7, 11) is 5.71. The Labute approximate surface area is 212 Å². The van der Waals surface area contributed by atoms with Gasteiger partial charge in [-0.1, -0.05) is 36.7 Å². The third kappa shape index (κ3) is 5.95. The fraction of sp³-hybridized carbons (Fsp3) is 0.357. The Morgan fingerprint density at radius 3 is 2.60 bits per heavy atom. The summed E-state index contributed by atoms with van der Waals surface area (Å²) in [5, 5.41) is 8.62. The Morgan fingerprint density at radius 1 is 1.26 bits per heavy atom. The summed E-state index contributed by atoms with van der Waals surface area (Å²) < 4.78 is 7.52. The molecule has 0 saturated heterocycles. The van der Waals surface area contributed by atoms with Crippen molar-refractivity contribution in [1.29, 1.82) is 5.41 Å². The molecule has 3 rings (SSSR count). The van der Waals surface area contributed by atoms with Gasteiger partial charge in [0.1, 0.15) is 10.9 Å². The zero-order chi connectivity index (χ0) is 25.7. The zero-order valence-corrected chi connectivity index (χ0v) is 21.9. The maximum absolute atomic E-state index is 13.9. The van der Waals surface area contributed by atoms with E-state index in [1.807, 2.05) is 56.7 Å². The van der Waals surface area contributed by atoms with Crippen LogP contribution in [0.5, 0.6) is 5.75 Å². The van der Waals surface area contributed by atoms with E-state index >= 15 is 0 Å². The smallest absolute Gasteiger partial charge is 0.168 e. The van der Waals surface area contributed by atoms with Crippen LogP contribution in [0.1, 0.15) is 40.4 Å². The van der Waals surface area contributed by atoms with E-state index in [1.54, 1.807) is 7.11 Å². The lowest BCUT2D eigenvalue weighted by Crippen LogP contribution is -2.18. The molecule has 6 nitrogen and oxygen atoms in total. The average molecular weight is 495 g/mol. The molecular weight excluding hydrogens is 460 g/mol. The fourth-order valence-electron chi connectivity index (χ4n) is 4.35. The van der Waals surface area contributed by atoms with Crippen molar-refractivity contribution in [1.82, 2.24) is 9.47 Å². The number of fused-ring (bicyclic) bond motifs is 1. The van der Waals surface area contributed by atoms with Crippen LogP contribution < -0.4 is 10.5 Å². The van der Waals surface area contributed by atoms with Gasteiger partial charge in [0.2, 0.25) is 0 Å². The van der Waals surface area contributed by atoms with Gasteiger partial charge in [-0.2, -0.15) is 0 Å². The second-order valence-electron chi connectivity index (χ2n) is 9.13. The number of halogens is 1. The fourth-order valence-corrected chi connectivity index (χ4v) is 4.52. The number of allylic oxidation sites excluding steroid dienone is 1. The number of aromatic nitrogens is 1. The Balaban J connectivity index is 2.05. The highest BCUT2D eigenvalue weighted by atomic mass is 35.5. The molecule has 0 radical (unpaired) electrons. The lowest BCUT2D eigenvalue weighted by atomic mass is 9.87. The summed E-state index contributed by atoms with van der Waals surface area (Å²) in [5.41, 5.74) is 10.9. The number of aryl methyl sites for hydroxylation is 1. The van der Waals surface area contributed by atoms with Gasteiger partial charge in [0.25, 0.3) is 0 Å². The molecule has 0 bridgehead atoms. The molecule has 0 aliphatic heterocycles. The minimum Gasteiger partial charge on any atom is -0.497 e. The van der Waals surface area contributed by atoms with E-state index in [0.717, 1.165) is 58.4 Å². The second-order valence-corrected chi connectivity index (χ2v) is 9.51. The Hall–Kier alpha value is -3.09. The lowest BCUT2D eigenvalue weighted by Gasteiger charge is -2.16. The van der Waals surface area contributed by atoms with Crippen molar-refractivity contribution in [2.24, 2.45) is 11.7 Å². The second kappa shape index (κ2) is 11.6. The number of ether oxygens (including phenoxy) is 1. The molecule has 0 spiro atoms. The summed E-state index contributed by atoms with van der Waals surface area (Å²) >= 11 is 5.96. The maximum atomic E-state index is 13.9. The van der Waals surface area contributed by atoms with Gasteiger partial charge in [-0.3, -0.25) is 10.2 Å². The molecule has 1 heterocycles. The molecule has 186 valence electrons. The van der Waals surface area contributed by atoms with Gasteiger partial charge in [0, 0.05) is 53.4 Å². The van der Waals surface area contributed by atoms with Crippen LogP contribution in [0.2, 0.25) is 0 Å². The van der Waals surface area contributed by atoms with Crippen LogP contribution in [0.4, 0.5) is 0 Å². The molecular formula is C28H35ClN4O2. The minimum absolute atomic E-state index is 0.116. The van der Waals surface area contributed by atoms with Crippen molar-refractivity contribution in [2.45, 2.75) is 33.2 Å². The molecule has 35 heavy (non-hydrogen) atoms. The minimum atomic E-state index is -0.149. The number of Topliss-reactive ketones (excluding diaryl/α,β-unsaturated/α-hetero) is 1. The molecule has 0 aliphatic rings. The van der Waals surface area contributed by atoms with Crippen LogP contribution in [0.3, 0.4) is 0 Å². The molecule has 3 aromatic rings. The molecule has 1 unspecified atom stereocenters. The van der Waals surface area contributed by atoms with E-state index in [9.17, 15) is 4.79 Å². The SMILES string of the molecule is CCC(Cc1cc(OC)ccc1C)C(=O)c1cn(CCN(C)C)c2cc(/C(=C/N)C(=N)Cl)ccc12. The number of hydrogen-bond donors (Lipinski definition) is 2. The van der Waals surface area contributed by atoms with E-state index in [4.69, 9.17) is 27.5 Å². The quantitative estimate of drug-likeness (QED) is 0.273. The van der Waals surface area contributed by atoms with Gasteiger partial charge in [0.05, 0.1) is 7.11 Å². The Morgan fingerprint density at radius 2 is 2.00 bits per heavy atom. The van der Waals surface area contributed by atoms with Crippen molar-refractivity contribution in [3.63, 3.8) is 0 Å². The third-order valence-electron chi connectivity index (χ3n) is 6.54. The number of carbonyl (C=O) groups is 1. The highest BCUT2D eigenvalue weighted by Gasteiger charge is 2.24. The number of ketones is 1. The van der Waals surface area contributed by atoms with Gasteiger partial charge < -0.3 is 19.9 Å². The highest BCUT2D eigenvalue weighted by Crippen LogP contribution is 2.30. The van der Waals surface area contributed by atoms with E-state index in [1.165, 1.54) is 6.20 Å². The molecule has 3 N–H and O–H groups in total. The largest absolute Gasteiger partial charge is 0.497 e. The molecule has 0 aliphatic carbocycles. The first-order chi connectivity index (χ1) is 16.7. The standard InChI is InChI=1S/C28H35ClN4O2/c1-6-19(13-21-14-22(35-5)9-7-18(21)2)27(34)25-17-33(12-11-32(3)4)26-15-20(8-10-23(25)26)24(16-30)28(29)31/h7-10,14-17,19,31H,6,11-13,30H2,1-5H3/b24-16-,31-28?. The number of nitrogens with zero attached hydrogens (tertiary/aromatic N) is 2. The monoisotopic (exact) mass is 494 g/mol. The first kappa shape index (κ1) is 26.5. The molecule has 0 saturated carbocycles. The Bertz CT molecular complexity index is 1260. The molecule has 7 heteroatoms. The van der Waals surface area contributed by atoms with Crippen LogP contribution >= 0.6 is 11.6 Å². The summed E-state index contributed by atoms with van der Waals surface area (Å²) in [4.78, 5) is 16.0. The molecule has 0 amide bonds. The number of nitrogens with one attached hydrogen (secondary N) is 1. The van der Waals surface area contributed by atoms with Crippen molar-refractivity contribution >= 4 is 39.0 Å². The first-order valence-corrected chi connectivity index (χ1v) is 12.2. The van der Waals surface area contributed by atoms with Crippen LogP contribution in [0, 0.1) is 18.3 Å². The third-order valence-corrected chi connectivity index (χ3v) is 6.74. The van der Waals surface area contributed by atoms with Gasteiger partial charge in [-0.15, -0.1) is 0 Å². The van der Waals surface area contributed by atoms with E-state index in [2.05, 4.69) is 23.3 Å². The number of benzene rings is 2. The normalized spacial score (nSPS) is 12.8. The van der Waals surface area contributed by atoms with Crippen molar-refractivity contribution in [3.05, 3.63) is 71.0 Å². The van der Waals surface area contributed by atoms with Crippen molar-refractivity contribution < 1.29 is 9.53 Å². The summed E-state index contributed by atoms with van der Waals surface area (Å²) in [6.45, 7) is 5.68. The maximum Gasteiger partial charge on any atom is 0.168 e. The number of hydrogen-bond acceptors (Lipinski definition) is 5. The number of methoxy groups -OCH3 is 1. The molecule has 0 fully saturated rings. The van der Waals surface area contributed by atoms with E-state index in [0.29, 0.717) is 12.0 Å². The molecule has 1 aromatic heterocycles. The predicted octanol–water partition coefficient (Wildman–Crippen LogP) is 5.49. The summed E-state index contributed by atoms with van der Waals surface area (Å²) in [5.74, 6) is 0.786. The van der Waals surface area contributed by atoms with Crippen LogP contribution in [-0.4, -0.2) is 48.2 Å². The van der Waals surface area contributed by atoms with Gasteiger partial charge in [-0.25, -0.2) is 0 Å². The number of likely N-dealkylation sites (N-methyl/N-ethyl adjacent to an activating group) is 1. The van der Waals surface area contributed by atoms with Gasteiger partial charge >= 0.3 is 0 Å². The van der Waals surface area contributed by atoms with Gasteiger partial charge in [0.15, 0.2) is 5.78 Å². The molecule has 1 atom stereocenters. The summed E-state index contributed by atoms with van der Waals surface area (Å²) in [6, 6.07) is 11.8. The highest BCUT2D eigenvalue weighted by molar-refractivity contribution is 6.75. The number of carbonyl (C=O) groups excluding carboxylic acids is 1. The zero-order valence-electron chi connectivity index (χ0n) is 21.2. The van der Waals surface area contributed by atoms with Crippen LogP contribution in [0.25, 0.3) is 16.5 Å². The van der Waals surface area contributed by atoms with E-state index < -0.39 is 0 Å². The number of nitrogens with two attached hydrogens (primary N) is 1. The van der Waals surface area contributed by atoms with Crippen LogP contribution in [-0.2, 0) is 13.0 Å². The topological polar surface area (TPSA) is 84.3 Å². The van der Waals surface area contributed by atoms with Crippen molar-refractivity contribution in [3.8, 4) is 5.75 Å². The molecule has 2 aromatic carbocycles. The van der Waals surface area contributed by atoms with E-state index in [-0.39, 0.29) is 16.9 Å². The lowest BCUT2D eigenvalue weighted by molar-refractivity contribution is 0.0917. The predicted molar refractivity (Wildman–Crippen MR) is 146 cm³/mol. The number of rotatable bonds is 11. The Kier molecular flexibility index (Phi) is 8.76. The average Bonchev–Trinajstić information content (AvgIpc) is 3.20. The van der Waals surface area contributed by atoms with Crippen LogP contribution in [0.15, 0.2) is 48.8 Å².